The Kier molecular flexibility index (Phi) is 5.35. The van der Waals surface area contributed by atoms with Gasteiger partial charge in [-0.25, -0.2) is 0 Å². The zero-order valence-corrected chi connectivity index (χ0v) is 19.4. The van der Waals surface area contributed by atoms with Crippen molar-refractivity contribution in [1.29, 1.82) is 0 Å². The highest BCUT2D eigenvalue weighted by atomic mass is 15.0. The van der Waals surface area contributed by atoms with Gasteiger partial charge in [-0.2, -0.15) is 0 Å². The summed E-state index contributed by atoms with van der Waals surface area (Å²) in [7, 11) is 0. The third-order valence-electron chi connectivity index (χ3n) is 6.35. The second-order valence-corrected chi connectivity index (χ2v) is 8.48. The summed E-state index contributed by atoms with van der Waals surface area (Å²) in [4.78, 5) is 0. The van der Waals surface area contributed by atoms with Crippen molar-refractivity contribution in [3.8, 4) is 22.5 Å². The highest BCUT2D eigenvalue weighted by Gasteiger charge is 2.11. The Hall–Kier alpha value is -4.04. The van der Waals surface area contributed by atoms with Gasteiger partial charge in [0, 0.05) is 34.7 Å². The van der Waals surface area contributed by atoms with E-state index in [4.69, 9.17) is 0 Å². The van der Waals surface area contributed by atoms with Gasteiger partial charge in [-0.1, -0.05) is 61.2 Å². The van der Waals surface area contributed by atoms with E-state index in [1.54, 1.807) is 0 Å². The van der Waals surface area contributed by atoms with Crippen LogP contribution in [0.5, 0.6) is 0 Å². The highest BCUT2D eigenvalue weighted by Crippen LogP contribution is 2.28. The van der Waals surface area contributed by atoms with Crippen LogP contribution in [0.15, 0.2) is 97.8 Å². The number of aromatic nitrogens is 2. The van der Waals surface area contributed by atoms with E-state index in [9.17, 15) is 0 Å². The molecule has 3 aromatic carbocycles. The fourth-order valence-corrected chi connectivity index (χ4v) is 4.66. The SMILES string of the molecule is C=Cc1c(/C=C\C)c(C)cn1-c1ccc(-c2ccc(-n3cc(C)c4ccccc43)cc2)cc1. The van der Waals surface area contributed by atoms with E-state index in [0.29, 0.717) is 0 Å². The van der Waals surface area contributed by atoms with Crippen LogP contribution >= 0.6 is 0 Å². The van der Waals surface area contributed by atoms with Crippen molar-refractivity contribution >= 4 is 23.1 Å². The molecule has 0 spiro atoms. The van der Waals surface area contributed by atoms with Crippen LogP contribution in [0.3, 0.4) is 0 Å². The lowest BCUT2D eigenvalue weighted by atomic mass is 10.0. The molecule has 2 heterocycles. The monoisotopic (exact) mass is 428 g/mol. The lowest BCUT2D eigenvalue weighted by Gasteiger charge is -2.10. The van der Waals surface area contributed by atoms with E-state index < -0.39 is 0 Å². The first-order chi connectivity index (χ1) is 16.1. The number of hydrogen-bond acceptors (Lipinski definition) is 0. The van der Waals surface area contributed by atoms with E-state index in [0.717, 1.165) is 11.4 Å². The normalized spacial score (nSPS) is 11.5. The molecule has 2 heteroatoms. The quantitative estimate of drug-likeness (QED) is 0.266. The number of hydrogen-bond donors (Lipinski definition) is 0. The van der Waals surface area contributed by atoms with Gasteiger partial charge in [0.1, 0.15) is 0 Å². The van der Waals surface area contributed by atoms with Crippen LogP contribution in [0.25, 0.3) is 45.6 Å². The molecule has 0 aliphatic carbocycles. The molecule has 162 valence electrons. The molecule has 0 fully saturated rings. The molecule has 0 aliphatic rings. The summed E-state index contributed by atoms with van der Waals surface area (Å²) >= 11 is 0. The molecular weight excluding hydrogens is 400 g/mol. The van der Waals surface area contributed by atoms with Crippen LogP contribution in [0.1, 0.15) is 29.3 Å². The molecular formula is C31H28N2. The molecule has 0 unspecified atom stereocenters. The molecule has 2 nitrogen and oxygen atoms in total. The number of allylic oxidation sites excluding steroid dienone is 1. The molecule has 0 saturated carbocycles. The van der Waals surface area contributed by atoms with Crippen LogP contribution < -0.4 is 0 Å². The molecule has 0 saturated heterocycles. The Balaban J connectivity index is 1.46. The van der Waals surface area contributed by atoms with Crippen LogP contribution in [0.2, 0.25) is 0 Å². The summed E-state index contributed by atoms with van der Waals surface area (Å²) in [6.45, 7) is 10.4. The Morgan fingerprint density at radius 3 is 1.88 bits per heavy atom. The third kappa shape index (κ3) is 3.64. The van der Waals surface area contributed by atoms with E-state index >= 15 is 0 Å². The van der Waals surface area contributed by atoms with Gasteiger partial charge in [-0.15, -0.1) is 0 Å². The summed E-state index contributed by atoms with van der Waals surface area (Å²) in [6.07, 6.45) is 10.5. The van der Waals surface area contributed by atoms with Crippen molar-refractivity contribution in [3.63, 3.8) is 0 Å². The maximum absolute atomic E-state index is 4.04. The van der Waals surface area contributed by atoms with Gasteiger partial charge in [0.15, 0.2) is 0 Å². The minimum atomic E-state index is 1.12. The molecule has 0 N–H and O–H groups in total. The number of nitrogens with zero attached hydrogens (tertiary/aromatic N) is 2. The Morgan fingerprint density at radius 2 is 1.27 bits per heavy atom. The minimum Gasteiger partial charge on any atom is -0.316 e. The second kappa shape index (κ2) is 8.48. The van der Waals surface area contributed by atoms with Crippen molar-refractivity contribution in [2.45, 2.75) is 20.8 Å². The Morgan fingerprint density at radius 1 is 0.697 bits per heavy atom. The summed E-state index contributed by atoms with van der Waals surface area (Å²) in [5, 5.41) is 1.30. The topological polar surface area (TPSA) is 9.86 Å². The molecule has 0 radical (unpaired) electrons. The summed E-state index contributed by atoms with van der Waals surface area (Å²) in [5.41, 5.74) is 10.9. The van der Waals surface area contributed by atoms with Gasteiger partial charge < -0.3 is 9.13 Å². The third-order valence-corrected chi connectivity index (χ3v) is 6.35. The van der Waals surface area contributed by atoms with Crippen molar-refractivity contribution in [3.05, 3.63) is 120 Å². The van der Waals surface area contributed by atoms with E-state index in [1.807, 2.05) is 13.0 Å². The summed E-state index contributed by atoms with van der Waals surface area (Å²) in [6, 6.07) is 26.1. The van der Waals surface area contributed by atoms with Gasteiger partial charge in [0.2, 0.25) is 0 Å². The maximum Gasteiger partial charge on any atom is 0.0531 e. The standard InChI is InChI=1S/C31H28N2/c1-5-9-28-22(3)20-32(30(28)6-2)26-16-12-24(13-17-26)25-14-18-27(19-15-25)33-21-23(4)29-10-7-8-11-31(29)33/h5-21H,2H2,1,3-4H3/b9-5-. The average Bonchev–Trinajstić information content (AvgIpc) is 3.36. The largest absolute Gasteiger partial charge is 0.316 e. The number of aryl methyl sites for hydroxylation is 2. The lowest BCUT2D eigenvalue weighted by molar-refractivity contribution is 1.06. The van der Waals surface area contributed by atoms with Gasteiger partial charge in [-0.05, 0) is 79.4 Å². The zero-order chi connectivity index (χ0) is 22.9. The Labute approximate surface area is 195 Å². The van der Waals surface area contributed by atoms with Crippen molar-refractivity contribution in [1.82, 2.24) is 9.13 Å². The highest BCUT2D eigenvalue weighted by molar-refractivity contribution is 5.85. The van der Waals surface area contributed by atoms with Crippen molar-refractivity contribution in [2.24, 2.45) is 0 Å². The molecule has 33 heavy (non-hydrogen) atoms. The van der Waals surface area contributed by atoms with E-state index in [1.165, 1.54) is 44.4 Å². The number of fused-ring (bicyclic) bond motifs is 1. The van der Waals surface area contributed by atoms with E-state index in [2.05, 4.69) is 127 Å². The molecule has 2 aromatic heterocycles. The maximum atomic E-state index is 4.04. The van der Waals surface area contributed by atoms with Crippen LogP contribution in [-0.2, 0) is 0 Å². The smallest absolute Gasteiger partial charge is 0.0531 e. The van der Waals surface area contributed by atoms with Crippen LogP contribution in [-0.4, -0.2) is 9.13 Å². The second-order valence-electron chi connectivity index (χ2n) is 8.48. The first kappa shape index (κ1) is 20.8. The first-order valence-electron chi connectivity index (χ1n) is 11.4. The number of para-hydroxylation sites is 1. The molecule has 5 rings (SSSR count). The Bertz CT molecular complexity index is 1470. The lowest BCUT2D eigenvalue weighted by Crippen LogP contribution is -1.95. The fraction of sp³-hybridized carbons (Fsp3) is 0.0968. The summed E-state index contributed by atoms with van der Waals surface area (Å²) < 4.78 is 4.48. The molecule has 0 aliphatic heterocycles. The average molecular weight is 429 g/mol. The number of benzene rings is 3. The first-order valence-corrected chi connectivity index (χ1v) is 11.4. The zero-order valence-electron chi connectivity index (χ0n) is 19.4. The van der Waals surface area contributed by atoms with Gasteiger partial charge in [-0.3, -0.25) is 0 Å². The molecule has 0 bridgehead atoms. The van der Waals surface area contributed by atoms with E-state index in [-0.39, 0.29) is 0 Å². The van der Waals surface area contributed by atoms with Crippen molar-refractivity contribution < 1.29 is 0 Å². The fourth-order valence-electron chi connectivity index (χ4n) is 4.66. The van der Waals surface area contributed by atoms with Crippen LogP contribution in [0, 0.1) is 13.8 Å². The molecule has 0 atom stereocenters. The molecule has 5 aromatic rings. The minimum absolute atomic E-state index is 1.12. The molecule has 0 amide bonds. The van der Waals surface area contributed by atoms with Gasteiger partial charge in [0.25, 0.3) is 0 Å². The van der Waals surface area contributed by atoms with Gasteiger partial charge in [0.05, 0.1) is 11.2 Å². The van der Waals surface area contributed by atoms with Gasteiger partial charge >= 0.3 is 0 Å². The van der Waals surface area contributed by atoms with Crippen molar-refractivity contribution in [2.75, 3.05) is 0 Å². The predicted molar refractivity (Wildman–Crippen MR) is 142 cm³/mol. The number of rotatable bonds is 5. The summed E-state index contributed by atoms with van der Waals surface area (Å²) in [5.74, 6) is 0. The predicted octanol–water partition coefficient (Wildman–Crippen LogP) is 8.38. The van der Waals surface area contributed by atoms with Crippen LogP contribution in [0.4, 0.5) is 0 Å².